The third-order valence-corrected chi connectivity index (χ3v) is 5.05. The van der Waals surface area contributed by atoms with Crippen LogP contribution in [0.3, 0.4) is 0 Å². The highest BCUT2D eigenvalue weighted by Crippen LogP contribution is 2.29. The second-order valence-electron chi connectivity index (χ2n) is 6.54. The number of ether oxygens (including phenoxy) is 1. The van der Waals surface area contributed by atoms with Gasteiger partial charge in [0.15, 0.2) is 5.82 Å². The first-order valence-electron chi connectivity index (χ1n) is 9.17. The van der Waals surface area contributed by atoms with Gasteiger partial charge in [-0.15, -0.1) is 12.4 Å². The lowest BCUT2D eigenvalue weighted by atomic mass is 10.1. The molecule has 0 unspecified atom stereocenters. The van der Waals surface area contributed by atoms with Gasteiger partial charge < -0.3 is 14.5 Å². The van der Waals surface area contributed by atoms with Crippen LogP contribution in [-0.2, 0) is 0 Å². The molecule has 0 amide bonds. The Morgan fingerprint density at radius 3 is 2.30 bits per heavy atom. The van der Waals surface area contributed by atoms with E-state index in [-0.39, 0.29) is 12.4 Å². The molecule has 0 N–H and O–H groups in total. The molecule has 1 saturated heterocycles. The van der Waals surface area contributed by atoms with Gasteiger partial charge in [-0.1, -0.05) is 19.1 Å². The Labute approximate surface area is 166 Å². The molecule has 5 nitrogen and oxygen atoms in total. The minimum absolute atomic E-state index is 0. The smallest absolute Gasteiger partial charge is 0.162 e. The fourth-order valence-electron chi connectivity index (χ4n) is 3.45. The standard InChI is InChI=1S/C21H24N4O.ClH/c1-3-24-12-14-25(15-13-24)21-18-6-4-5-7-19(18)22-20(23-21)16-8-10-17(26-2)11-9-16;/h4-11H,3,12-15H2,1-2H3;1H. The fraction of sp³-hybridized carbons (Fsp3) is 0.333. The van der Waals surface area contributed by atoms with E-state index in [1.807, 2.05) is 30.3 Å². The van der Waals surface area contributed by atoms with Gasteiger partial charge in [0, 0.05) is 37.1 Å². The van der Waals surface area contributed by atoms with Crippen molar-refractivity contribution < 1.29 is 4.74 Å². The molecule has 2 aromatic carbocycles. The van der Waals surface area contributed by atoms with Crippen molar-refractivity contribution in [3.63, 3.8) is 0 Å². The third kappa shape index (κ3) is 3.99. The molecule has 0 spiro atoms. The van der Waals surface area contributed by atoms with E-state index in [4.69, 9.17) is 14.7 Å². The zero-order chi connectivity index (χ0) is 17.9. The summed E-state index contributed by atoms with van der Waals surface area (Å²) in [6, 6.07) is 16.2. The van der Waals surface area contributed by atoms with Crippen molar-refractivity contribution in [2.24, 2.45) is 0 Å². The van der Waals surface area contributed by atoms with Crippen LogP contribution in [0.5, 0.6) is 5.75 Å². The molecular formula is C21H25ClN4O. The average molecular weight is 385 g/mol. The second-order valence-corrected chi connectivity index (χ2v) is 6.54. The number of fused-ring (bicyclic) bond motifs is 1. The molecule has 1 aromatic heterocycles. The summed E-state index contributed by atoms with van der Waals surface area (Å²) in [4.78, 5) is 14.6. The summed E-state index contributed by atoms with van der Waals surface area (Å²) in [5, 5.41) is 1.12. The van der Waals surface area contributed by atoms with Crippen LogP contribution < -0.4 is 9.64 Å². The maximum absolute atomic E-state index is 5.26. The maximum Gasteiger partial charge on any atom is 0.162 e. The SMILES string of the molecule is CCN1CCN(c2nc(-c3ccc(OC)cc3)nc3ccccc23)CC1.Cl. The topological polar surface area (TPSA) is 41.5 Å². The summed E-state index contributed by atoms with van der Waals surface area (Å²) in [5.41, 5.74) is 1.99. The van der Waals surface area contributed by atoms with Crippen molar-refractivity contribution in [1.29, 1.82) is 0 Å². The molecule has 2 heterocycles. The molecule has 1 aliphatic rings. The van der Waals surface area contributed by atoms with E-state index in [1.165, 1.54) is 0 Å². The highest BCUT2D eigenvalue weighted by atomic mass is 35.5. The lowest BCUT2D eigenvalue weighted by molar-refractivity contribution is 0.271. The van der Waals surface area contributed by atoms with E-state index in [2.05, 4.69) is 34.9 Å². The predicted molar refractivity (Wildman–Crippen MR) is 113 cm³/mol. The van der Waals surface area contributed by atoms with Crippen molar-refractivity contribution >= 4 is 29.1 Å². The van der Waals surface area contributed by atoms with Gasteiger partial charge in [-0.2, -0.15) is 0 Å². The van der Waals surface area contributed by atoms with Crippen LogP contribution in [0, 0.1) is 0 Å². The first-order chi connectivity index (χ1) is 12.8. The number of benzene rings is 2. The van der Waals surface area contributed by atoms with Gasteiger partial charge in [-0.3, -0.25) is 0 Å². The number of para-hydroxylation sites is 1. The van der Waals surface area contributed by atoms with Crippen molar-refractivity contribution in [2.75, 3.05) is 44.7 Å². The largest absolute Gasteiger partial charge is 0.497 e. The van der Waals surface area contributed by atoms with Crippen molar-refractivity contribution in [1.82, 2.24) is 14.9 Å². The molecule has 0 saturated carbocycles. The molecular weight excluding hydrogens is 360 g/mol. The normalized spacial score (nSPS) is 14.8. The highest BCUT2D eigenvalue weighted by molar-refractivity contribution is 5.91. The van der Waals surface area contributed by atoms with Crippen LogP contribution in [0.4, 0.5) is 5.82 Å². The molecule has 0 aliphatic carbocycles. The number of rotatable bonds is 4. The molecule has 0 bridgehead atoms. The Morgan fingerprint density at radius 1 is 0.926 bits per heavy atom. The summed E-state index contributed by atoms with van der Waals surface area (Å²) in [6.07, 6.45) is 0. The minimum Gasteiger partial charge on any atom is -0.497 e. The van der Waals surface area contributed by atoms with Gasteiger partial charge in [-0.05, 0) is 42.9 Å². The molecule has 4 rings (SSSR count). The van der Waals surface area contributed by atoms with Crippen LogP contribution in [0.1, 0.15) is 6.92 Å². The number of likely N-dealkylation sites (N-methyl/N-ethyl adjacent to an activating group) is 1. The molecule has 142 valence electrons. The number of methoxy groups -OCH3 is 1. The monoisotopic (exact) mass is 384 g/mol. The van der Waals surface area contributed by atoms with Crippen molar-refractivity contribution in [3.05, 3.63) is 48.5 Å². The summed E-state index contributed by atoms with van der Waals surface area (Å²) in [5.74, 6) is 2.64. The van der Waals surface area contributed by atoms with E-state index in [0.717, 1.165) is 66.6 Å². The zero-order valence-corrected chi connectivity index (χ0v) is 16.6. The number of hydrogen-bond donors (Lipinski definition) is 0. The molecule has 27 heavy (non-hydrogen) atoms. The van der Waals surface area contributed by atoms with Crippen molar-refractivity contribution in [3.8, 4) is 17.1 Å². The molecule has 1 aliphatic heterocycles. The van der Waals surface area contributed by atoms with Crippen LogP contribution in [0.25, 0.3) is 22.3 Å². The Kier molecular flexibility index (Phi) is 6.14. The number of halogens is 1. The third-order valence-electron chi connectivity index (χ3n) is 5.05. The lowest BCUT2D eigenvalue weighted by Gasteiger charge is -2.35. The van der Waals surface area contributed by atoms with Gasteiger partial charge in [0.25, 0.3) is 0 Å². The van der Waals surface area contributed by atoms with Gasteiger partial charge in [-0.25, -0.2) is 9.97 Å². The fourth-order valence-corrected chi connectivity index (χ4v) is 3.45. The lowest BCUT2D eigenvalue weighted by Crippen LogP contribution is -2.46. The molecule has 0 atom stereocenters. The Morgan fingerprint density at radius 2 is 1.63 bits per heavy atom. The summed E-state index contributed by atoms with van der Waals surface area (Å²) in [7, 11) is 1.68. The van der Waals surface area contributed by atoms with Crippen LogP contribution in [0.2, 0.25) is 0 Å². The summed E-state index contributed by atoms with van der Waals surface area (Å²) < 4.78 is 5.26. The molecule has 1 fully saturated rings. The molecule has 0 radical (unpaired) electrons. The Hall–Kier alpha value is -2.37. The minimum atomic E-state index is 0. The van der Waals surface area contributed by atoms with E-state index in [0.29, 0.717) is 0 Å². The van der Waals surface area contributed by atoms with Crippen molar-refractivity contribution in [2.45, 2.75) is 6.92 Å². The predicted octanol–water partition coefficient (Wildman–Crippen LogP) is 3.87. The summed E-state index contributed by atoms with van der Waals surface area (Å²) >= 11 is 0. The number of nitrogens with zero attached hydrogens (tertiary/aromatic N) is 4. The van der Waals surface area contributed by atoms with Gasteiger partial charge in [0.1, 0.15) is 11.6 Å². The van der Waals surface area contributed by atoms with Crippen LogP contribution in [-0.4, -0.2) is 54.7 Å². The van der Waals surface area contributed by atoms with E-state index in [9.17, 15) is 0 Å². The Bertz CT molecular complexity index is 892. The Balaban J connectivity index is 0.00000210. The van der Waals surface area contributed by atoms with E-state index >= 15 is 0 Å². The van der Waals surface area contributed by atoms with Gasteiger partial charge >= 0.3 is 0 Å². The average Bonchev–Trinajstić information content (AvgIpc) is 2.73. The second kappa shape index (κ2) is 8.55. The van der Waals surface area contributed by atoms with E-state index in [1.54, 1.807) is 7.11 Å². The number of piperazine rings is 1. The van der Waals surface area contributed by atoms with Crippen LogP contribution in [0.15, 0.2) is 48.5 Å². The number of aromatic nitrogens is 2. The van der Waals surface area contributed by atoms with Gasteiger partial charge in [0.2, 0.25) is 0 Å². The molecule has 3 aromatic rings. The van der Waals surface area contributed by atoms with Gasteiger partial charge in [0.05, 0.1) is 12.6 Å². The summed E-state index contributed by atoms with van der Waals surface area (Å²) in [6.45, 7) is 7.47. The first kappa shape index (κ1) is 19.4. The first-order valence-corrected chi connectivity index (χ1v) is 9.17. The number of anilines is 1. The molecule has 6 heteroatoms. The van der Waals surface area contributed by atoms with Crippen LogP contribution >= 0.6 is 12.4 Å². The highest BCUT2D eigenvalue weighted by Gasteiger charge is 2.20. The zero-order valence-electron chi connectivity index (χ0n) is 15.8. The number of hydrogen-bond acceptors (Lipinski definition) is 5. The van der Waals surface area contributed by atoms with E-state index < -0.39 is 0 Å². The quantitative estimate of drug-likeness (QED) is 0.683. The maximum atomic E-state index is 5.26.